The largest absolute Gasteiger partial charge is 0.481 e. The lowest BCUT2D eigenvalue weighted by molar-refractivity contribution is -0.137. The Balaban J connectivity index is 1.41. The lowest BCUT2D eigenvalue weighted by Crippen LogP contribution is -2.35. The number of carbonyl (C=O) groups is 2. The molecule has 1 atom stereocenters. The summed E-state index contributed by atoms with van der Waals surface area (Å²) >= 11 is 5.93. The molecule has 0 saturated heterocycles. The summed E-state index contributed by atoms with van der Waals surface area (Å²) in [5.74, 6) is -0.310. The Morgan fingerprint density at radius 3 is 2.54 bits per heavy atom. The first-order valence-electron chi connectivity index (χ1n) is 12.2. The van der Waals surface area contributed by atoms with Crippen LogP contribution in [0.3, 0.4) is 0 Å². The first-order chi connectivity index (χ1) is 17.0. The fourth-order valence-corrected chi connectivity index (χ4v) is 4.76. The van der Waals surface area contributed by atoms with Crippen LogP contribution in [0.5, 0.6) is 0 Å². The van der Waals surface area contributed by atoms with Crippen LogP contribution in [0.25, 0.3) is 0 Å². The van der Waals surface area contributed by atoms with Gasteiger partial charge in [-0.2, -0.15) is 0 Å². The minimum Gasteiger partial charge on any atom is -0.481 e. The van der Waals surface area contributed by atoms with Crippen molar-refractivity contribution in [3.8, 4) is 0 Å². The van der Waals surface area contributed by atoms with Gasteiger partial charge < -0.3 is 15.2 Å². The van der Waals surface area contributed by atoms with E-state index < -0.39 is 12.0 Å². The maximum atomic E-state index is 12.7. The third-order valence-electron chi connectivity index (χ3n) is 6.55. The molecule has 184 valence electrons. The van der Waals surface area contributed by atoms with E-state index in [0.29, 0.717) is 23.9 Å². The second-order valence-corrected chi connectivity index (χ2v) is 9.49. The summed E-state index contributed by atoms with van der Waals surface area (Å²) in [7, 11) is 0. The summed E-state index contributed by atoms with van der Waals surface area (Å²) < 4.78 is 5.92. The number of allylic oxidation sites excluding steroid dienone is 1. The van der Waals surface area contributed by atoms with Gasteiger partial charge in [-0.15, -0.1) is 0 Å². The highest BCUT2D eigenvalue weighted by molar-refractivity contribution is 6.30. The van der Waals surface area contributed by atoms with Gasteiger partial charge in [0.25, 0.3) is 0 Å². The maximum absolute atomic E-state index is 12.7. The molecule has 1 aliphatic heterocycles. The summed E-state index contributed by atoms with van der Waals surface area (Å²) in [5.41, 5.74) is 5.72. The van der Waals surface area contributed by atoms with Crippen molar-refractivity contribution in [1.82, 2.24) is 5.32 Å². The molecule has 1 aliphatic carbocycles. The van der Waals surface area contributed by atoms with E-state index in [1.807, 2.05) is 42.5 Å². The molecule has 0 fully saturated rings. The molecule has 6 nitrogen and oxygen atoms in total. The number of carboxylic acids is 1. The van der Waals surface area contributed by atoms with E-state index in [-0.39, 0.29) is 18.9 Å². The van der Waals surface area contributed by atoms with Crippen LogP contribution in [-0.4, -0.2) is 42.1 Å². The molecule has 4 rings (SSSR count). The van der Waals surface area contributed by atoms with Crippen molar-refractivity contribution in [2.75, 3.05) is 13.2 Å². The summed E-state index contributed by atoms with van der Waals surface area (Å²) in [4.78, 5) is 28.4. The van der Waals surface area contributed by atoms with Gasteiger partial charge in [0.1, 0.15) is 6.61 Å². The topological polar surface area (TPSA) is 88.0 Å². The predicted molar refractivity (Wildman–Crippen MR) is 137 cm³/mol. The smallest absolute Gasteiger partial charge is 0.303 e. The number of hydrogen-bond acceptors (Lipinski definition) is 4. The number of halogens is 1. The first-order valence-corrected chi connectivity index (χ1v) is 12.6. The number of benzene rings is 2. The summed E-state index contributed by atoms with van der Waals surface area (Å²) in [6.07, 6.45) is 6.14. The molecule has 2 aromatic carbocycles. The van der Waals surface area contributed by atoms with Crippen LogP contribution in [0.4, 0.5) is 0 Å². The number of aryl methyl sites for hydroxylation is 1. The van der Waals surface area contributed by atoms with Gasteiger partial charge in [-0.25, -0.2) is 4.99 Å². The van der Waals surface area contributed by atoms with E-state index >= 15 is 0 Å². The number of amides is 1. The maximum Gasteiger partial charge on any atom is 0.303 e. The molecule has 1 unspecified atom stereocenters. The molecule has 0 bridgehead atoms. The van der Waals surface area contributed by atoms with Gasteiger partial charge in [-0.05, 0) is 73.8 Å². The van der Waals surface area contributed by atoms with Crippen molar-refractivity contribution >= 4 is 29.4 Å². The number of carbonyl (C=O) groups excluding carboxylic acids is 1. The normalized spacial score (nSPS) is 17.6. The average molecular weight is 495 g/mol. The van der Waals surface area contributed by atoms with E-state index in [9.17, 15) is 9.59 Å². The predicted octanol–water partition coefficient (Wildman–Crippen LogP) is 4.93. The number of aliphatic imine (C=N–C) groups is 1. The highest BCUT2D eigenvalue weighted by Gasteiger charge is 2.29. The number of nitrogens with zero attached hydrogens (tertiary/aromatic N) is 1. The van der Waals surface area contributed by atoms with Crippen molar-refractivity contribution in [3.63, 3.8) is 0 Å². The molecule has 1 amide bonds. The summed E-state index contributed by atoms with van der Waals surface area (Å²) in [5, 5.41) is 12.8. The van der Waals surface area contributed by atoms with E-state index in [0.717, 1.165) is 60.8 Å². The average Bonchev–Trinajstić information content (AvgIpc) is 3.35. The minimum absolute atomic E-state index is 0.119. The lowest BCUT2D eigenvalue weighted by atomic mass is 9.86. The third-order valence-corrected chi connectivity index (χ3v) is 6.80. The zero-order valence-corrected chi connectivity index (χ0v) is 20.5. The van der Waals surface area contributed by atoms with Crippen molar-refractivity contribution < 1.29 is 19.4 Å². The minimum atomic E-state index is -0.788. The van der Waals surface area contributed by atoms with Crippen molar-refractivity contribution in [1.29, 1.82) is 0 Å². The number of carboxylic acid groups (broad SMARTS) is 1. The van der Waals surface area contributed by atoms with Crippen LogP contribution < -0.4 is 5.32 Å². The molecule has 2 N–H and O–H groups in total. The molecule has 0 aromatic heterocycles. The van der Waals surface area contributed by atoms with E-state index in [4.69, 9.17) is 21.4 Å². The van der Waals surface area contributed by atoms with Gasteiger partial charge in [0.2, 0.25) is 11.8 Å². The summed E-state index contributed by atoms with van der Waals surface area (Å²) in [6.45, 7) is 0.789. The quantitative estimate of drug-likeness (QED) is 0.490. The summed E-state index contributed by atoms with van der Waals surface area (Å²) in [6, 6.07) is 15.1. The lowest BCUT2D eigenvalue weighted by Gasteiger charge is -2.21. The number of nitrogens with one attached hydrogen (secondary N) is 1. The second kappa shape index (κ2) is 12.0. The van der Waals surface area contributed by atoms with Crippen LogP contribution in [0, 0.1) is 0 Å². The first kappa shape index (κ1) is 25.0. The van der Waals surface area contributed by atoms with Crippen LogP contribution in [0.15, 0.2) is 64.7 Å². The Bertz CT molecular complexity index is 1120. The highest BCUT2D eigenvalue weighted by atomic mass is 35.5. The number of hydrogen-bond donors (Lipinski definition) is 2. The monoisotopic (exact) mass is 494 g/mol. The molecule has 0 saturated carbocycles. The molecule has 0 radical (unpaired) electrons. The fraction of sp³-hybridized carbons (Fsp3) is 0.393. The molecular weight excluding hydrogens is 464 g/mol. The van der Waals surface area contributed by atoms with Crippen molar-refractivity contribution in [2.45, 2.75) is 57.4 Å². The fourth-order valence-electron chi connectivity index (χ4n) is 4.64. The van der Waals surface area contributed by atoms with Crippen molar-refractivity contribution in [2.24, 2.45) is 4.99 Å². The third kappa shape index (κ3) is 6.95. The molecule has 1 heterocycles. The highest BCUT2D eigenvalue weighted by Crippen LogP contribution is 2.31. The van der Waals surface area contributed by atoms with Gasteiger partial charge in [-0.1, -0.05) is 53.6 Å². The number of ether oxygens (including phenoxy) is 1. The van der Waals surface area contributed by atoms with E-state index in [1.165, 1.54) is 5.57 Å². The van der Waals surface area contributed by atoms with Crippen LogP contribution in [0.1, 0.15) is 48.8 Å². The molecule has 7 heteroatoms. The van der Waals surface area contributed by atoms with E-state index in [2.05, 4.69) is 16.4 Å². The number of rotatable bonds is 10. The van der Waals surface area contributed by atoms with Gasteiger partial charge in [0, 0.05) is 23.6 Å². The standard InChI is InChI=1S/C28H31ClN2O4/c29-23-12-9-19(10-13-23)15-16-30-27(34)25-18-35-28(31-25)24-8-4-3-7-22(24)17-21-6-2-1-5-20(21)11-14-26(32)33/h1-2,5-6,9-10,12-13,25H,3-4,7-8,11,14-18H2,(H,30,34)(H,32,33). The van der Waals surface area contributed by atoms with E-state index in [1.54, 1.807) is 0 Å². The second-order valence-electron chi connectivity index (χ2n) is 9.06. The van der Waals surface area contributed by atoms with Gasteiger partial charge in [0.15, 0.2) is 6.04 Å². The Labute approximate surface area is 211 Å². The number of aliphatic carboxylic acids is 1. The zero-order chi connectivity index (χ0) is 24.6. The van der Waals surface area contributed by atoms with Gasteiger partial charge in [0.05, 0.1) is 0 Å². The SMILES string of the molecule is O=C(O)CCc1ccccc1CC1=C(C2=NC(C(=O)NCCc3ccc(Cl)cc3)CO2)CCCC1. The van der Waals surface area contributed by atoms with Crippen molar-refractivity contribution in [3.05, 3.63) is 81.4 Å². The van der Waals surface area contributed by atoms with Crippen LogP contribution >= 0.6 is 11.6 Å². The Kier molecular flexibility index (Phi) is 8.59. The Hall–Kier alpha value is -3.12. The van der Waals surface area contributed by atoms with Crippen LogP contribution in [-0.2, 0) is 33.6 Å². The molecule has 0 spiro atoms. The Morgan fingerprint density at radius 2 is 1.77 bits per heavy atom. The van der Waals surface area contributed by atoms with Gasteiger partial charge in [-0.3, -0.25) is 9.59 Å². The zero-order valence-electron chi connectivity index (χ0n) is 19.8. The van der Waals surface area contributed by atoms with Gasteiger partial charge >= 0.3 is 5.97 Å². The molecular formula is C28H31ClN2O4. The molecule has 2 aromatic rings. The Morgan fingerprint density at radius 1 is 1.03 bits per heavy atom. The molecule has 2 aliphatic rings. The molecule has 35 heavy (non-hydrogen) atoms. The van der Waals surface area contributed by atoms with Crippen LogP contribution in [0.2, 0.25) is 5.02 Å².